The minimum absolute atomic E-state index is 0.252. The summed E-state index contributed by atoms with van der Waals surface area (Å²) in [7, 11) is 0. The van der Waals surface area contributed by atoms with E-state index in [2.05, 4.69) is 5.32 Å². The molecule has 1 heterocycles. The van der Waals surface area contributed by atoms with Gasteiger partial charge in [0, 0.05) is 6.08 Å². The predicted molar refractivity (Wildman–Crippen MR) is 67.0 cm³/mol. The van der Waals surface area contributed by atoms with Crippen LogP contribution in [0.3, 0.4) is 0 Å². The van der Waals surface area contributed by atoms with Gasteiger partial charge < -0.3 is 9.87 Å². The molecule has 15 heavy (non-hydrogen) atoms. The molecule has 84 valence electrons. The van der Waals surface area contributed by atoms with Gasteiger partial charge in [-0.3, -0.25) is 0 Å². The third kappa shape index (κ3) is 3.93. The smallest absolute Gasteiger partial charge is 0.154 e. The first-order valence-electron chi connectivity index (χ1n) is 4.74. The second kappa shape index (κ2) is 4.64. The SMILES string of the molecule is CC(C)(C)[S+]([O-])/C=C/C1(Cl)C=CC=CN1. The lowest BCUT2D eigenvalue weighted by Gasteiger charge is -2.24. The molecule has 0 aromatic carbocycles. The van der Waals surface area contributed by atoms with E-state index in [0.717, 1.165) is 0 Å². The highest BCUT2D eigenvalue weighted by Gasteiger charge is 2.26. The molecule has 0 bridgehead atoms. The Hall–Kier alpha value is -0.380. The summed E-state index contributed by atoms with van der Waals surface area (Å²) in [6, 6.07) is 0. The van der Waals surface area contributed by atoms with Crippen LogP contribution in [0.2, 0.25) is 0 Å². The van der Waals surface area contributed by atoms with Crippen molar-refractivity contribution in [1.82, 2.24) is 5.32 Å². The first-order chi connectivity index (χ1) is 6.83. The fourth-order valence-electron chi connectivity index (χ4n) is 0.944. The van der Waals surface area contributed by atoms with Crippen molar-refractivity contribution in [3.63, 3.8) is 0 Å². The van der Waals surface area contributed by atoms with Crippen molar-refractivity contribution in [2.75, 3.05) is 0 Å². The number of halogens is 1. The highest BCUT2D eigenvalue weighted by Crippen LogP contribution is 2.22. The molecule has 0 aromatic heterocycles. The molecule has 1 N–H and O–H groups in total. The standard InChI is InChI=1S/C11H16ClNOS/c1-10(2,3)15(14)9-7-11(12)6-4-5-8-13-11/h4-9,13H,1-3H3/b9-7+. The molecule has 0 aromatic rings. The fourth-order valence-corrected chi connectivity index (χ4v) is 1.96. The van der Waals surface area contributed by atoms with Gasteiger partial charge in [-0.15, -0.1) is 0 Å². The summed E-state index contributed by atoms with van der Waals surface area (Å²) in [5, 5.41) is 4.62. The lowest BCUT2D eigenvalue weighted by Crippen LogP contribution is -2.34. The van der Waals surface area contributed by atoms with Gasteiger partial charge in [0.05, 0.1) is 0 Å². The second-order valence-electron chi connectivity index (χ2n) is 4.34. The molecule has 1 aliphatic heterocycles. The molecular weight excluding hydrogens is 230 g/mol. The van der Waals surface area contributed by atoms with Crippen LogP contribution < -0.4 is 5.32 Å². The van der Waals surface area contributed by atoms with Gasteiger partial charge in [0.15, 0.2) is 5.00 Å². The highest BCUT2D eigenvalue weighted by molar-refractivity contribution is 7.95. The van der Waals surface area contributed by atoms with Gasteiger partial charge in [-0.2, -0.15) is 0 Å². The summed E-state index contributed by atoms with van der Waals surface area (Å²) in [4.78, 5) is -0.740. The van der Waals surface area contributed by atoms with Gasteiger partial charge >= 0.3 is 0 Å². The molecule has 0 fully saturated rings. The summed E-state index contributed by atoms with van der Waals surface area (Å²) in [6.07, 6.45) is 9.00. The fraction of sp³-hybridized carbons (Fsp3) is 0.455. The van der Waals surface area contributed by atoms with Crippen LogP contribution in [0, 0.1) is 0 Å². The van der Waals surface area contributed by atoms with Crippen LogP contribution in [0.15, 0.2) is 35.9 Å². The third-order valence-electron chi connectivity index (χ3n) is 1.89. The van der Waals surface area contributed by atoms with Crippen LogP contribution in [0.4, 0.5) is 0 Å². The molecule has 2 unspecified atom stereocenters. The van der Waals surface area contributed by atoms with Crippen molar-refractivity contribution in [2.24, 2.45) is 0 Å². The maximum absolute atomic E-state index is 11.7. The summed E-state index contributed by atoms with van der Waals surface area (Å²) in [5.41, 5.74) is 0. The highest BCUT2D eigenvalue weighted by atomic mass is 35.5. The number of hydrogen-bond donors (Lipinski definition) is 1. The van der Waals surface area contributed by atoms with Gasteiger partial charge in [-0.25, -0.2) is 0 Å². The van der Waals surface area contributed by atoms with Crippen LogP contribution in [0.1, 0.15) is 20.8 Å². The van der Waals surface area contributed by atoms with E-state index in [0.29, 0.717) is 0 Å². The first kappa shape index (κ1) is 12.7. The average molecular weight is 246 g/mol. The molecule has 2 atom stereocenters. The third-order valence-corrected chi connectivity index (χ3v) is 3.84. The van der Waals surface area contributed by atoms with Crippen LogP contribution in [-0.4, -0.2) is 14.3 Å². The van der Waals surface area contributed by atoms with E-state index in [9.17, 15) is 4.55 Å². The number of hydrogen-bond acceptors (Lipinski definition) is 2. The normalized spacial score (nSPS) is 28.1. The van der Waals surface area contributed by atoms with Gasteiger partial charge in [-0.1, -0.05) is 17.7 Å². The Morgan fingerprint density at radius 3 is 2.53 bits per heavy atom. The minimum atomic E-state index is -1.03. The quantitative estimate of drug-likeness (QED) is 0.461. The zero-order valence-corrected chi connectivity index (χ0v) is 10.7. The maximum atomic E-state index is 11.7. The molecule has 0 aliphatic carbocycles. The number of allylic oxidation sites excluding steroid dienone is 2. The summed E-state index contributed by atoms with van der Waals surface area (Å²) in [5.74, 6) is 0. The van der Waals surface area contributed by atoms with Gasteiger partial charge in [0.2, 0.25) is 0 Å². The molecule has 0 spiro atoms. The molecule has 1 rings (SSSR count). The molecule has 0 radical (unpaired) electrons. The van der Waals surface area contributed by atoms with Gasteiger partial charge in [0.1, 0.15) is 10.2 Å². The van der Waals surface area contributed by atoms with Crippen LogP contribution in [0.25, 0.3) is 0 Å². The number of dihydropyridines is 1. The van der Waals surface area contributed by atoms with Crippen molar-refractivity contribution in [3.05, 3.63) is 35.9 Å². The number of alkyl halides is 1. The van der Waals surface area contributed by atoms with Crippen LogP contribution in [-0.2, 0) is 11.2 Å². The van der Waals surface area contributed by atoms with Gasteiger partial charge in [-0.05, 0) is 50.3 Å². The Balaban J connectivity index is 2.65. The Morgan fingerprint density at radius 1 is 1.40 bits per heavy atom. The van der Waals surface area contributed by atoms with E-state index < -0.39 is 16.2 Å². The van der Waals surface area contributed by atoms with E-state index >= 15 is 0 Å². The lowest BCUT2D eigenvalue weighted by atomic mass is 10.2. The Morgan fingerprint density at radius 2 is 2.07 bits per heavy atom. The van der Waals surface area contributed by atoms with Crippen molar-refractivity contribution in [1.29, 1.82) is 0 Å². The van der Waals surface area contributed by atoms with Crippen molar-refractivity contribution in [3.8, 4) is 0 Å². The Labute approximate surface area is 99.3 Å². The second-order valence-corrected chi connectivity index (χ2v) is 7.06. The molecular formula is C11H16ClNOS. The molecule has 0 saturated heterocycles. The van der Waals surface area contributed by atoms with Crippen molar-refractivity contribution in [2.45, 2.75) is 30.5 Å². The van der Waals surface area contributed by atoms with E-state index in [1.54, 1.807) is 17.7 Å². The van der Waals surface area contributed by atoms with E-state index in [4.69, 9.17) is 11.6 Å². The predicted octanol–water partition coefficient (Wildman–Crippen LogP) is 2.66. The number of rotatable bonds is 2. The van der Waals surface area contributed by atoms with E-state index in [-0.39, 0.29) is 4.75 Å². The first-order valence-corrected chi connectivity index (χ1v) is 6.34. The summed E-state index contributed by atoms with van der Waals surface area (Å²) >= 11 is 5.17. The number of nitrogens with one attached hydrogen (secondary N) is 1. The molecule has 2 nitrogen and oxygen atoms in total. The largest absolute Gasteiger partial charge is 0.611 e. The zero-order valence-electron chi connectivity index (χ0n) is 9.16. The lowest BCUT2D eigenvalue weighted by molar-refractivity contribution is 0.568. The maximum Gasteiger partial charge on any atom is 0.154 e. The van der Waals surface area contributed by atoms with Crippen molar-refractivity contribution >= 4 is 22.8 Å². The summed E-state index contributed by atoms with van der Waals surface area (Å²) < 4.78 is 11.5. The van der Waals surface area contributed by atoms with Crippen LogP contribution in [0.5, 0.6) is 0 Å². The molecule has 0 saturated carbocycles. The summed E-state index contributed by atoms with van der Waals surface area (Å²) in [6.45, 7) is 5.79. The molecule has 1 aliphatic rings. The molecule has 0 amide bonds. The average Bonchev–Trinajstić information content (AvgIpc) is 2.14. The van der Waals surface area contributed by atoms with Gasteiger partial charge in [0.25, 0.3) is 0 Å². The zero-order chi connectivity index (χ0) is 11.5. The van der Waals surface area contributed by atoms with Crippen molar-refractivity contribution < 1.29 is 4.55 Å². The monoisotopic (exact) mass is 245 g/mol. The molecule has 4 heteroatoms. The van der Waals surface area contributed by atoms with E-state index in [1.807, 2.05) is 39.0 Å². The van der Waals surface area contributed by atoms with Crippen LogP contribution >= 0.6 is 11.6 Å². The Kier molecular flexibility index (Phi) is 3.93. The van der Waals surface area contributed by atoms with E-state index in [1.165, 1.54) is 0 Å². The minimum Gasteiger partial charge on any atom is -0.611 e. The topological polar surface area (TPSA) is 35.1 Å². The Bertz CT molecular complexity index is 306.